The summed E-state index contributed by atoms with van der Waals surface area (Å²) in [7, 11) is 0. The van der Waals surface area contributed by atoms with Crippen LogP contribution in [0.1, 0.15) is 23.0 Å². The average Bonchev–Trinajstić information content (AvgIpc) is 2.67. The lowest BCUT2D eigenvalue weighted by Crippen LogP contribution is -2.05. The van der Waals surface area contributed by atoms with E-state index in [1.807, 2.05) is 22.7 Å². The van der Waals surface area contributed by atoms with E-state index < -0.39 is 5.97 Å². The normalized spacial score (nSPS) is 10.8. The molecule has 6 heteroatoms. The first-order chi connectivity index (χ1) is 8.17. The van der Waals surface area contributed by atoms with Crippen LogP contribution < -0.4 is 0 Å². The van der Waals surface area contributed by atoms with E-state index in [1.165, 1.54) is 0 Å². The Morgan fingerprint density at radius 3 is 2.94 bits per heavy atom. The van der Waals surface area contributed by atoms with Crippen LogP contribution in [0.2, 0.25) is 0 Å². The first-order valence-electron chi connectivity index (χ1n) is 5.07. The van der Waals surface area contributed by atoms with Crippen LogP contribution in [0.25, 0.3) is 5.65 Å². The molecule has 0 spiro atoms. The SMILES string of the molecule is CCOC(=O)c1nc2ccc(CBr)cn2c1Br. The topological polar surface area (TPSA) is 43.6 Å². The van der Waals surface area contributed by atoms with Gasteiger partial charge < -0.3 is 4.74 Å². The highest BCUT2D eigenvalue weighted by Gasteiger charge is 2.18. The number of imidazole rings is 1. The van der Waals surface area contributed by atoms with E-state index in [0.717, 1.165) is 10.9 Å². The fourth-order valence-corrected chi connectivity index (χ4v) is 2.33. The molecule has 0 aliphatic rings. The van der Waals surface area contributed by atoms with E-state index in [2.05, 4.69) is 36.8 Å². The Hall–Kier alpha value is -0.880. The number of hydrogen-bond donors (Lipinski definition) is 0. The standard InChI is InChI=1S/C11H10Br2N2O2/c1-2-17-11(16)9-10(13)15-6-7(5-12)3-4-8(15)14-9/h3-4,6H,2,5H2,1H3. The van der Waals surface area contributed by atoms with Crippen LogP contribution in [-0.4, -0.2) is 22.0 Å². The Labute approximate surface area is 115 Å². The number of nitrogens with zero attached hydrogens (tertiary/aromatic N) is 2. The molecule has 0 bridgehead atoms. The molecule has 2 heterocycles. The molecule has 0 aromatic carbocycles. The molecule has 2 aromatic heterocycles. The summed E-state index contributed by atoms with van der Waals surface area (Å²) in [5.41, 5.74) is 2.12. The van der Waals surface area contributed by atoms with E-state index in [9.17, 15) is 4.79 Å². The maximum atomic E-state index is 11.7. The van der Waals surface area contributed by atoms with Crippen LogP contribution >= 0.6 is 31.9 Å². The van der Waals surface area contributed by atoms with Crippen LogP contribution in [0.15, 0.2) is 22.9 Å². The van der Waals surface area contributed by atoms with Crippen molar-refractivity contribution in [2.24, 2.45) is 0 Å². The molecule has 2 aromatic rings. The second kappa shape index (κ2) is 5.18. The highest BCUT2D eigenvalue weighted by atomic mass is 79.9. The van der Waals surface area contributed by atoms with Crippen LogP contribution in [0.4, 0.5) is 0 Å². The average molecular weight is 362 g/mol. The summed E-state index contributed by atoms with van der Waals surface area (Å²) in [5.74, 6) is -0.413. The third-order valence-corrected chi connectivity index (χ3v) is 3.65. The number of rotatable bonds is 3. The van der Waals surface area contributed by atoms with Crippen LogP contribution in [0, 0.1) is 0 Å². The van der Waals surface area contributed by atoms with Crippen LogP contribution in [0.5, 0.6) is 0 Å². The van der Waals surface area contributed by atoms with E-state index in [0.29, 0.717) is 22.6 Å². The molecule has 0 saturated heterocycles. The summed E-state index contributed by atoms with van der Waals surface area (Å²) >= 11 is 6.76. The van der Waals surface area contributed by atoms with Gasteiger partial charge in [-0.25, -0.2) is 9.78 Å². The van der Waals surface area contributed by atoms with Crippen molar-refractivity contribution in [3.05, 3.63) is 34.2 Å². The zero-order valence-electron chi connectivity index (χ0n) is 9.11. The van der Waals surface area contributed by atoms with Gasteiger partial charge in [0.15, 0.2) is 5.69 Å². The predicted octanol–water partition coefficient (Wildman–Crippen LogP) is 3.17. The zero-order chi connectivity index (χ0) is 12.4. The number of fused-ring (bicyclic) bond motifs is 1. The number of carbonyl (C=O) groups excluding carboxylic acids is 1. The molecule has 0 fully saturated rings. The summed E-state index contributed by atoms with van der Waals surface area (Å²) < 4.78 is 7.38. The molecule has 0 N–H and O–H groups in total. The third kappa shape index (κ3) is 2.37. The van der Waals surface area contributed by atoms with Crippen molar-refractivity contribution < 1.29 is 9.53 Å². The van der Waals surface area contributed by atoms with Crippen LogP contribution in [0.3, 0.4) is 0 Å². The van der Waals surface area contributed by atoms with Crippen LogP contribution in [-0.2, 0) is 10.1 Å². The van der Waals surface area contributed by atoms with Crippen molar-refractivity contribution in [2.45, 2.75) is 12.3 Å². The lowest BCUT2D eigenvalue weighted by atomic mass is 10.3. The Morgan fingerprint density at radius 1 is 1.53 bits per heavy atom. The lowest BCUT2D eigenvalue weighted by Gasteiger charge is -1.99. The van der Waals surface area contributed by atoms with Crippen molar-refractivity contribution >= 4 is 43.5 Å². The number of halogens is 2. The molecule has 0 saturated carbocycles. The first-order valence-corrected chi connectivity index (χ1v) is 6.98. The Balaban J connectivity index is 2.53. The number of alkyl halides is 1. The first kappa shape index (κ1) is 12.6. The van der Waals surface area contributed by atoms with Gasteiger partial charge in [0.1, 0.15) is 10.3 Å². The summed E-state index contributed by atoms with van der Waals surface area (Å²) in [5, 5.41) is 0.752. The van der Waals surface area contributed by atoms with Gasteiger partial charge in [0.05, 0.1) is 6.61 Å². The minimum atomic E-state index is -0.413. The molecule has 2 rings (SSSR count). The molecule has 0 unspecified atom stereocenters. The monoisotopic (exact) mass is 360 g/mol. The second-order valence-corrected chi connectivity index (χ2v) is 4.68. The van der Waals surface area contributed by atoms with Gasteiger partial charge in [-0.1, -0.05) is 22.0 Å². The van der Waals surface area contributed by atoms with Gasteiger partial charge in [0.25, 0.3) is 0 Å². The molecule has 4 nitrogen and oxygen atoms in total. The van der Waals surface area contributed by atoms with Gasteiger partial charge in [-0.2, -0.15) is 0 Å². The van der Waals surface area contributed by atoms with Gasteiger partial charge in [0, 0.05) is 11.5 Å². The molecular formula is C11H10Br2N2O2. The van der Waals surface area contributed by atoms with Gasteiger partial charge >= 0.3 is 5.97 Å². The van der Waals surface area contributed by atoms with Gasteiger partial charge in [0.2, 0.25) is 0 Å². The maximum absolute atomic E-state index is 11.7. The fraction of sp³-hybridized carbons (Fsp3) is 0.273. The molecule has 0 atom stereocenters. The third-order valence-electron chi connectivity index (χ3n) is 2.24. The molecule has 0 aliphatic heterocycles. The fourth-order valence-electron chi connectivity index (χ4n) is 1.47. The number of ether oxygens (including phenoxy) is 1. The molecular weight excluding hydrogens is 352 g/mol. The van der Waals surface area contributed by atoms with E-state index in [1.54, 1.807) is 6.92 Å². The van der Waals surface area contributed by atoms with Gasteiger partial charge in [-0.05, 0) is 34.5 Å². The molecule has 17 heavy (non-hydrogen) atoms. The highest BCUT2D eigenvalue weighted by molar-refractivity contribution is 9.10. The summed E-state index contributed by atoms with van der Waals surface area (Å²) in [6.07, 6.45) is 1.92. The Bertz CT molecular complexity index is 566. The number of esters is 1. The van der Waals surface area contributed by atoms with E-state index in [4.69, 9.17) is 4.74 Å². The smallest absolute Gasteiger partial charge is 0.359 e. The number of pyridine rings is 1. The van der Waals surface area contributed by atoms with Crippen molar-refractivity contribution in [2.75, 3.05) is 6.61 Å². The number of hydrogen-bond acceptors (Lipinski definition) is 3. The molecule has 0 radical (unpaired) electrons. The highest BCUT2D eigenvalue weighted by Crippen LogP contribution is 2.21. The molecule has 90 valence electrons. The van der Waals surface area contributed by atoms with E-state index in [-0.39, 0.29) is 0 Å². The van der Waals surface area contributed by atoms with Crippen molar-refractivity contribution in [3.63, 3.8) is 0 Å². The van der Waals surface area contributed by atoms with Gasteiger partial charge in [-0.3, -0.25) is 4.40 Å². The number of aromatic nitrogens is 2. The Kier molecular flexibility index (Phi) is 3.83. The Morgan fingerprint density at radius 2 is 2.29 bits per heavy atom. The lowest BCUT2D eigenvalue weighted by molar-refractivity contribution is 0.0519. The summed E-state index contributed by atoms with van der Waals surface area (Å²) in [6.45, 7) is 2.11. The quantitative estimate of drug-likeness (QED) is 0.623. The maximum Gasteiger partial charge on any atom is 0.359 e. The number of carbonyl (C=O) groups is 1. The van der Waals surface area contributed by atoms with Crippen molar-refractivity contribution in [1.82, 2.24) is 9.38 Å². The van der Waals surface area contributed by atoms with Gasteiger partial charge in [-0.15, -0.1) is 0 Å². The summed E-state index contributed by atoms with van der Waals surface area (Å²) in [6, 6.07) is 3.82. The second-order valence-electron chi connectivity index (χ2n) is 3.37. The van der Waals surface area contributed by atoms with Crippen molar-refractivity contribution in [3.8, 4) is 0 Å². The van der Waals surface area contributed by atoms with E-state index >= 15 is 0 Å². The van der Waals surface area contributed by atoms with Crippen molar-refractivity contribution in [1.29, 1.82) is 0 Å². The summed E-state index contributed by atoms with van der Waals surface area (Å²) in [4.78, 5) is 15.9. The molecule has 0 aliphatic carbocycles. The molecule has 0 amide bonds. The zero-order valence-corrected chi connectivity index (χ0v) is 12.3. The predicted molar refractivity (Wildman–Crippen MR) is 71.5 cm³/mol. The minimum absolute atomic E-state index is 0.304. The minimum Gasteiger partial charge on any atom is -0.461 e. The largest absolute Gasteiger partial charge is 0.461 e.